The van der Waals surface area contributed by atoms with E-state index < -0.39 is 9.84 Å². The maximum Gasteiger partial charge on any atom is 0.280 e. The monoisotopic (exact) mass is 274 g/mol. The van der Waals surface area contributed by atoms with Crippen molar-refractivity contribution in [1.29, 1.82) is 0 Å². The Morgan fingerprint density at radius 1 is 1.47 bits per heavy atom. The molecule has 17 heavy (non-hydrogen) atoms. The summed E-state index contributed by atoms with van der Waals surface area (Å²) >= 11 is 1.33. The standard InChI is InChI=1S/C10H14N2O3S2/c1-6-7(2)16-10(11-6)9(13)12-8-3-4-17(14,15)5-8/h8H,3-5H2,1-2H3,(H,12,13). The number of nitrogens with zero attached hydrogens (tertiary/aromatic N) is 1. The molecule has 1 aromatic heterocycles. The second-order valence-electron chi connectivity index (χ2n) is 4.23. The summed E-state index contributed by atoms with van der Waals surface area (Å²) in [6, 6.07) is -0.267. The number of aromatic nitrogens is 1. The van der Waals surface area contributed by atoms with E-state index in [4.69, 9.17) is 0 Å². The summed E-state index contributed by atoms with van der Waals surface area (Å²) in [7, 11) is -2.96. The summed E-state index contributed by atoms with van der Waals surface area (Å²) in [6.45, 7) is 3.76. The van der Waals surface area contributed by atoms with Gasteiger partial charge in [-0.05, 0) is 20.3 Å². The summed E-state index contributed by atoms with van der Waals surface area (Å²) in [5.74, 6) is -0.0658. The minimum Gasteiger partial charge on any atom is -0.346 e. The van der Waals surface area contributed by atoms with E-state index in [1.54, 1.807) is 0 Å². The van der Waals surface area contributed by atoms with Crippen LogP contribution in [0.25, 0.3) is 0 Å². The van der Waals surface area contributed by atoms with E-state index >= 15 is 0 Å². The molecule has 1 saturated heterocycles. The third-order valence-corrected chi connectivity index (χ3v) is 5.63. The SMILES string of the molecule is Cc1nc(C(=O)NC2CCS(=O)(=O)C2)sc1C. The van der Waals surface area contributed by atoms with Gasteiger partial charge >= 0.3 is 0 Å². The third-order valence-electron chi connectivity index (χ3n) is 2.79. The van der Waals surface area contributed by atoms with Crippen LogP contribution in [-0.2, 0) is 9.84 Å². The van der Waals surface area contributed by atoms with E-state index in [9.17, 15) is 13.2 Å². The highest BCUT2D eigenvalue weighted by molar-refractivity contribution is 7.91. The Kier molecular flexibility index (Phi) is 3.22. The zero-order valence-electron chi connectivity index (χ0n) is 9.69. The Labute approximate surface area is 104 Å². The lowest BCUT2D eigenvalue weighted by Gasteiger charge is -2.08. The van der Waals surface area contributed by atoms with Crippen LogP contribution in [0.5, 0.6) is 0 Å². The van der Waals surface area contributed by atoms with E-state index in [0.717, 1.165) is 10.6 Å². The normalized spacial score (nSPS) is 22.6. The molecule has 1 atom stereocenters. The molecule has 0 aromatic carbocycles. The van der Waals surface area contributed by atoms with Crippen LogP contribution >= 0.6 is 11.3 Å². The third kappa shape index (κ3) is 2.84. The predicted molar refractivity (Wildman–Crippen MR) is 66.1 cm³/mol. The number of carbonyl (C=O) groups excluding carboxylic acids is 1. The number of carbonyl (C=O) groups is 1. The number of hydrogen-bond acceptors (Lipinski definition) is 5. The molecule has 94 valence electrons. The van der Waals surface area contributed by atoms with Gasteiger partial charge in [0.2, 0.25) is 0 Å². The van der Waals surface area contributed by atoms with Gasteiger partial charge in [0.15, 0.2) is 14.8 Å². The predicted octanol–water partition coefficient (Wildman–Crippen LogP) is 0.677. The van der Waals surface area contributed by atoms with Crippen molar-refractivity contribution < 1.29 is 13.2 Å². The Hall–Kier alpha value is -0.950. The molecule has 1 aromatic rings. The van der Waals surface area contributed by atoms with Crippen LogP contribution in [0.2, 0.25) is 0 Å². The number of hydrogen-bond donors (Lipinski definition) is 1. The van der Waals surface area contributed by atoms with Crippen molar-refractivity contribution in [3.05, 3.63) is 15.6 Å². The zero-order chi connectivity index (χ0) is 12.6. The van der Waals surface area contributed by atoms with Crippen LogP contribution in [0.15, 0.2) is 0 Å². The fourth-order valence-corrected chi connectivity index (χ4v) is 4.22. The minimum absolute atomic E-state index is 0.0437. The summed E-state index contributed by atoms with van der Waals surface area (Å²) in [5, 5.41) is 3.13. The molecule has 0 saturated carbocycles. The quantitative estimate of drug-likeness (QED) is 0.860. The molecule has 1 amide bonds. The number of aryl methyl sites for hydroxylation is 2. The first kappa shape index (κ1) is 12.5. The van der Waals surface area contributed by atoms with Crippen molar-refractivity contribution in [1.82, 2.24) is 10.3 Å². The van der Waals surface area contributed by atoms with Gasteiger partial charge in [-0.3, -0.25) is 4.79 Å². The maximum atomic E-state index is 11.8. The number of rotatable bonds is 2. The molecular formula is C10H14N2O3S2. The van der Waals surface area contributed by atoms with Gasteiger partial charge in [-0.2, -0.15) is 0 Å². The van der Waals surface area contributed by atoms with E-state index in [2.05, 4.69) is 10.3 Å². The Morgan fingerprint density at radius 3 is 2.65 bits per heavy atom. The summed E-state index contributed by atoms with van der Waals surface area (Å²) in [5.41, 5.74) is 0.846. The molecule has 0 radical (unpaired) electrons. The Morgan fingerprint density at radius 2 is 2.18 bits per heavy atom. The van der Waals surface area contributed by atoms with E-state index in [-0.39, 0.29) is 23.5 Å². The van der Waals surface area contributed by atoms with Crippen molar-refractivity contribution in [3.63, 3.8) is 0 Å². The molecule has 1 unspecified atom stereocenters. The van der Waals surface area contributed by atoms with Crippen LogP contribution < -0.4 is 5.32 Å². The molecule has 0 bridgehead atoms. The van der Waals surface area contributed by atoms with Gasteiger partial charge in [0.1, 0.15) is 0 Å². The molecule has 1 aliphatic rings. The van der Waals surface area contributed by atoms with Gasteiger partial charge in [-0.1, -0.05) is 0 Å². The minimum atomic E-state index is -2.96. The summed E-state index contributed by atoms with van der Waals surface area (Å²) in [6.07, 6.45) is 0.497. The van der Waals surface area contributed by atoms with Gasteiger partial charge < -0.3 is 5.32 Å². The van der Waals surface area contributed by atoms with Gasteiger partial charge in [0.05, 0.1) is 17.2 Å². The van der Waals surface area contributed by atoms with Gasteiger partial charge in [0, 0.05) is 10.9 Å². The van der Waals surface area contributed by atoms with Gasteiger partial charge in [-0.25, -0.2) is 13.4 Å². The number of nitrogens with one attached hydrogen (secondary N) is 1. The maximum absolute atomic E-state index is 11.8. The average molecular weight is 274 g/mol. The molecule has 2 rings (SSSR count). The first-order chi connectivity index (χ1) is 7.87. The highest BCUT2D eigenvalue weighted by atomic mass is 32.2. The highest BCUT2D eigenvalue weighted by Crippen LogP contribution is 2.17. The van der Waals surface area contributed by atoms with Crippen LogP contribution in [0.3, 0.4) is 0 Å². The van der Waals surface area contributed by atoms with Crippen molar-refractivity contribution in [2.45, 2.75) is 26.3 Å². The molecule has 5 nitrogen and oxygen atoms in total. The average Bonchev–Trinajstić information content (AvgIpc) is 2.71. The molecule has 0 aliphatic carbocycles. The first-order valence-electron chi connectivity index (χ1n) is 5.33. The van der Waals surface area contributed by atoms with Gasteiger partial charge in [0.25, 0.3) is 5.91 Å². The topological polar surface area (TPSA) is 76.1 Å². The van der Waals surface area contributed by atoms with Gasteiger partial charge in [-0.15, -0.1) is 11.3 Å². The van der Waals surface area contributed by atoms with Crippen molar-refractivity contribution >= 4 is 27.1 Å². The van der Waals surface area contributed by atoms with Crippen molar-refractivity contribution in [2.75, 3.05) is 11.5 Å². The number of sulfone groups is 1. The van der Waals surface area contributed by atoms with Crippen molar-refractivity contribution in [3.8, 4) is 0 Å². The summed E-state index contributed by atoms with van der Waals surface area (Å²) in [4.78, 5) is 17.0. The van der Waals surface area contributed by atoms with E-state index in [1.807, 2.05) is 13.8 Å². The smallest absolute Gasteiger partial charge is 0.280 e. The molecule has 0 spiro atoms. The van der Waals surface area contributed by atoms with Crippen LogP contribution in [0, 0.1) is 13.8 Å². The lowest BCUT2D eigenvalue weighted by molar-refractivity contribution is 0.0940. The molecule has 7 heteroatoms. The largest absolute Gasteiger partial charge is 0.346 e. The first-order valence-corrected chi connectivity index (χ1v) is 7.96. The molecule has 2 heterocycles. The van der Waals surface area contributed by atoms with Crippen LogP contribution in [0.1, 0.15) is 26.8 Å². The second-order valence-corrected chi connectivity index (χ2v) is 7.67. The fourth-order valence-electron chi connectivity index (χ4n) is 1.73. The fraction of sp³-hybridized carbons (Fsp3) is 0.600. The summed E-state index contributed by atoms with van der Waals surface area (Å²) < 4.78 is 22.5. The van der Waals surface area contributed by atoms with E-state index in [1.165, 1.54) is 11.3 Å². The zero-order valence-corrected chi connectivity index (χ0v) is 11.3. The van der Waals surface area contributed by atoms with Crippen LogP contribution in [0.4, 0.5) is 0 Å². The molecule has 1 N–H and O–H groups in total. The Balaban J connectivity index is 2.03. The Bertz CT molecular complexity index is 528. The lowest BCUT2D eigenvalue weighted by atomic mass is 10.2. The molecular weight excluding hydrogens is 260 g/mol. The second kappa shape index (κ2) is 4.38. The van der Waals surface area contributed by atoms with Crippen LogP contribution in [-0.4, -0.2) is 36.9 Å². The van der Waals surface area contributed by atoms with E-state index in [0.29, 0.717) is 11.4 Å². The number of thiazole rings is 1. The molecule has 1 fully saturated rings. The lowest BCUT2D eigenvalue weighted by Crippen LogP contribution is -2.35. The highest BCUT2D eigenvalue weighted by Gasteiger charge is 2.29. The molecule has 1 aliphatic heterocycles. The number of amides is 1. The van der Waals surface area contributed by atoms with Crippen molar-refractivity contribution in [2.24, 2.45) is 0 Å².